The summed E-state index contributed by atoms with van der Waals surface area (Å²) in [6.07, 6.45) is 6.63. The van der Waals surface area contributed by atoms with Gasteiger partial charge in [-0.05, 0) is 53.0 Å². The lowest BCUT2D eigenvalue weighted by molar-refractivity contribution is -0.0204. The van der Waals surface area contributed by atoms with Crippen molar-refractivity contribution >= 4 is 0 Å². The van der Waals surface area contributed by atoms with Crippen LogP contribution in [0, 0.1) is 0 Å². The largest absolute Gasteiger partial charge is 0.329 e. The predicted octanol–water partition coefficient (Wildman–Crippen LogP) is 2.06. The molecule has 0 amide bonds. The quantitative estimate of drug-likeness (QED) is 0.835. The molecule has 0 spiro atoms. The van der Waals surface area contributed by atoms with Crippen LogP contribution in [0.3, 0.4) is 0 Å². The zero-order chi connectivity index (χ0) is 13.2. The Labute approximate surface area is 113 Å². The van der Waals surface area contributed by atoms with E-state index >= 15 is 0 Å². The average molecular weight is 253 g/mol. The molecule has 0 aromatic carbocycles. The molecule has 3 nitrogen and oxygen atoms in total. The minimum atomic E-state index is 0.297. The topological polar surface area (TPSA) is 32.5 Å². The number of hydrogen-bond acceptors (Lipinski definition) is 3. The van der Waals surface area contributed by atoms with Gasteiger partial charge in [-0.15, -0.1) is 0 Å². The maximum absolute atomic E-state index is 6.19. The van der Waals surface area contributed by atoms with Crippen LogP contribution in [0.5, 0.6) is 0 Å². The van der Waals surface area contributed by atoms with Crippen molar-refractivity contribution in [2.24, 2.45) is 5.73 Å². The van der Waals surface area contributed by atoms with Gasteiger partial charge in [-0.2, -0.15) is 0 Å². The fourth-order valence-corrected chi connectivity index (χ4v) is 3.87. The van der Waals surface area contributed by atoms with Crippen LogP contribution in [0.1, 0.15) is 52.9 Å². The first-order valence-corrected chi connectivity index (χ1v) is 7.80. The third kappa shape index (κ3) is 2.73. The Balaban J connectivity index is 2.03. The minimum Gasteiger partial charge on any atom is -0.329 e. The molecular formula is C15H31N3. The van der Waals surface area contributed by atoms with Crippen molar-refractivity contribution in [3.8, 4) is 0 Å². The van der Waals surface area contributed by atoms with Crippen molar-refractivity contribution in [3.63, 3.8) is 0 Å². The first kappa shape index (κ1) is 14.3. The van der Waals surface area contributed by atoms with E-state index in [1.165, 1.54) is 51.7 Å². The van der Waals surface area contributed by atoms with Crippen LogP contribution < -0.4 is 5.73 Å². The molecule has 2 aliphatic rings. The predicted molar refractivity (Wildman–Crippen MR) is 77.7 cm³/mol. The molecule has 0 aromatic heterocycles. The van der Waals surface area contributed by atoms with Crippen LogP contribution >= 0.6 is 0 Å². The molecule has 1 atom stereocenters. The SMILES string of the molecule is CC(C)N1CCC(CN)(N2CCCCC2C)CC1. The molecule has 0 saturated carbocycles. The van der Waals surface area contributed by atoms with Crippen LogP contribution in [0.25, 0.3) is 0 Å². The molecule has 2 fully saturated rings. The van der Waals surface area contributed by atoms with E-state index in [4.69, 9.17) is 5.73 Å². The van der Waals surface area contributed by atoms with E-state index in [9.17, 15) is 0 Å². The van der Waals surface area contributed by atoms with E-state index < -0.39 is 0 Å². The number of nitrogens with two attached hydrogens (primary N) is 1. The monoisotopic (exact) mass is 253 g/mol. The summed E-state index contributed by atoms with van der Waals surface area (Å²) in [4.78, 5) is 5.34. The third-order valence-electron chi connectivity index (χ3n) is 5.25. The lowest BCUT2D eigenvalue weighted by Gasteiger charge is -2.53. The van der Waals surface area contributed by atoms with Crippen molar-refractivity contribution in [3.05, 3.63) is 0 Å². The molecule has 2 heterocycles. The number of piperidine rings is 2. The van der Waals surface area contributed by atoms with Crippen molar-refractivity contribution in [1.82, 2.24) is 9.80 Å². The average Bonchev–Trinajstić information content (AvgIpc) is 2.39. The van der Waals surface area contributed by atoms with Crippen molar-refractivity contribution in [1.29, 1.82) is 0 Å². The molecule has 2 saturated heterocycles. The van der Waals surface area contributed by atoms with Gasteiger partial charge < -0.3 is 10.6 Å². The van der Waals surface area contributed by atoms with E-state index in [1.54, 1.807) is 0 Å². The molecule has 0 aliphatic carbocycles. The summed E-state index contributed by atoms with van der Waals surface area (Å²) in [5.74, 6) is 0. The van der Waals surface area contributed by atoms with E-state index in [0.29, 0.717) is 11.6 Å². The zero-order valence-electron chi connectivity index (χ0n) is 12.5. The van der Waals surface area contributed by atoms with Crippen molar-refractivity contribution < 1.29 is 0 Å². The summed E-state index contributed by atoms with van der Waals surface area (Å²) < 4.78 is 0. The van der Waals surface area contributed by atoms with E-state index in [0.717, 1.165) is 12.6 Å². The summed E-state index contributed by atoms with van der Waals surface area (Å²) in [7, 11) is 0. The van der Waals surface area contributed by atoms with Crippen LogP contribution in [-0.2, 0) is 0 Å². The van der Waals surface area contributed by atoms with Gasteiger partial charge in [0, 0.05) is 37.3 Å². The van der Waals surface area contributed by atoms with Gasteiger partial charge in [0.05, 0.1) is 0 Å². The highest BCUT2D eigenvalue weighted by Gasteiger charge is 2.41. The normalized spacial score (nSPS) is 30.8. The van der Waals surface area contributed by atoms with Gasteiger partial charge in [0.1, 0.15) is 0 Å². The zero-order valence-corrected chi connectivity index (χ0v) is 12.5. The Morgan fingerprint density at radius 2 is 1.83 bits per heavy atom. The van der Waals surface area contributed by atoms with Gasteiger partial charge in [-0.25, -0.2) is 0 Å². The molecule has 0 aromatic rings. The summed E-state index contributed by atoms with van der Waals surface area (Å²) in [6.45, 7) is 11.5. The van der Waals surface area contributed by atoms with Crippen LogP contribution in [0.4, 0.5) is 0 Å². The molecule has 0 radical (unpaired) electrons. The van der Waals surface area contributed by atoms with Crippen LogP contribution in [0.15, 0.2) is 0 Å². The number of likely N-dealkylation sites (tertiary alicyclic amines) is 2. The fraction of sp³-hybridized carbons (Fsp3) is 1.00. The number of hydrogen-bond donors (Lipinski definition) is 1. The fourth-order valence-electron chi connectivity index (χ4n) is 3.87. The second kappa shape index (κ2) is 5.89. The molecule has 3 heteroatoms. The Morgan fingerprint density at radius 3 is 2.33 bits per heavy atom. The standard InChI is InChI=1S/C15H31N3/c1-13(2)17-10-7-15(12-16,8-11-17)18-9-5-4-6-14(18)3/h13-14H,4-12,16H2,1-3H3. The second-order valence-corrected chi connectivity index (χ2v) is 6.60. The van der Waals surface area contributed by atoms with Crippen LogP contribution in [-0.4, -0.2) is 53.6 Å². The van der Waals surface area contributed by atoms with Gasteiger partial charge in [0.25, 0.3) is 0 Å². The van der Waals surface area contributed by atoms with Gasteiger partial charge in [0.15, 0.2) is 0 Å². The van der Waals surface area contributed by atoms with E-state index in [2.05, 4.69) is 30.6 Å². The Morgan fingerprint density at radius 1 is 1.17 bits per heavy atom. The highest BCUT2D eigenvalue weighted by Crippen LogP contribution is 2.34. The highest BCUT2D eigenvalue weighted by atomic mass is 15.3. The summed E-state index contributed by atoms with van der Waals surface area (Å²) in [5.41, 5.74) is 6.49. The van der Waals surface area contributed by atoms with Gasteiger partial charge in [-0.1, -0.05) is 6.42 Å². The first-order valence-electron chi connectivity index (χ1n) is 7.80. The Bertz CT molecular complexity index is 256. The molecule has 2 aliphatic heterocycles. The van der Waals surface area contributed by atoms with E-state index in [1.807, 2.05) is 0 Å². The molecule has 2 N–H and O–H groups in total. The maximum Gasteiger partial charge on any atom is 0.0358 e. The summed E-state index contributed by atoms with van der Waals surface area (Å²) >= 11 is 0. The lowest BCUT2D eigenvalue weighted by atomic mass is 9.82. The lowest BCUT2D eigenvalue weighted by Crippen LogP contribution is -2.63. The Kier molecular flexibility index (Phi) is 4.68. The van der Waals surface area contributed by atoms with Gasteiger partial charge >= 0.3 is 0 Å². The molecular weight excluding hydrogens is 222 g/mol. The van der Waals surface area contributed by atoms with Gasteiger partial charge in [0.2, 0.25) is 0 Å². The van der Waals surface area contributed by atoms with Crippen LogP contribution in [0.2, 0.25) is 0 Å². The molecule has 18 heavy (non-hydrogen) atoms. The molecule has 0 bridgehead atoms. The summed E-state index contributed by atoms with van der Waals surface area (Å²) in [6, 6.07) is 1.41. The maximum atomic E-state index is 6.19. The number of rotatable bonds is 3. The molecule has 106 valence electrons. The van der Waals surface area contributed by atoms with Crippen molar-refractivity contribution in [2.75, 3.05) is 26.2 Å². The minimum absolute atomic E-state index is 0.297. The second-order valence-electron chi connectivity index (χ2n) is 6.60. The smallest absolute Gasteiger partial charge is 0.0358 e. The first-order chi connectivity index (χ1) is 8.59. The third-order valence-corrected chi connectivity index (χ3v) is 5.25. The Hall–Kier alpha value is -0.120. The van der Waals surface area contributed by atoms with Crippen molar-refractivity contribution in [2.45, 2.75) is 70.5 Å². The summed E-state index contributed by atoms with van der Waals surface area (Å²) in [5, 5.41) is 0. The number of nitrogens with zero attached hydrogens (tertiary/aromatic N) is 2. The van der Waals surface area contributed by atoms with E-state index in [-0.39, 0.29) is 0 Å². The molecule has 2 rings (SSSR count). The highest BCUT2D eigenvalue weighted by molar-refractivity contribution is 4.99. The molecule has 1 unspecified atom stereocenters. The van der Waals surface area contributed by atoms with Gasteiger partial charge in [-0.3, -0.25) is 4.90 Å².